The van der Waals surface area contributed by atoms with Crippen molar-refractivity contribution in [3.63, 3.8) is 0 Å². The summed E-state index contributed by atoms with van der Waals surface area (Å²) >= 11 is 0. The van der Waals surface area contributed by atoms with Crippen LogP contribution >= 0.6 is 0 Å². The van der Waals surface area contributed by atoms with Crippen LogP contribution in [0.5, 0.6) is 0 Å². The summed E-state index contributed by atoms with van der Waals surface area (Å²) in [5, 5.41) is 12.3. The summed E-state index contributed by atoms with van der Waals surface area (Å²) in [4.78, 5) is 22.7. The van der Waals surface area contributed by atoms with Gasteiger partial charge in [0.25, 0.3) is 0 Å². The molecule has 1 aliphatic rings. The SMILES string of the molecule is CCCCCCCCCCCCOCC(O)COC(=O)[C@@H]1CCC(=O)N1. The fourth-order valence-corrected chi connectivity index (χ4v) is 3.03. The Kier molecular flexibility index (Phi) is 13.2. The van der Waals surface area contributed by atoms with Gasteiger partial charge in [-0.2, -0.15) is 0 Å². The van der Waals surface area contributed by atoms with E-state index in [2.05, 4.69) is 12.2 Å². The number of carbonyl (C=O) groups is 2. The first-order chi connectivity index (χ1) is 12.6. The molecule has 2 N–H and O–H groups in total. The normalized spacial score (nSPS) is 17.9. The second-order valence-corrected chi connectivity index (χ2v) is 7.20. The Balaban J connectivity index is 1.84. The van der Waals surface area contributed by atoms with E-state index in [0.29, 0.717) is 19.4 Å². The summed E-state index contributed by atoms with van der Waals surface area (Å²) in [5.74, 6) is -0.614. The highest BCUT2D eigenvalue weighted by Gasteiger charge is 2.28. The number of rotatable bonds is 16. The molecule has 6 heteroatoms. The molecule has 1 fully saturated rings. The van der Waals surface area contributed by atoms with Crippen LogP contribution in [-0.4, -0.2) is 48.9 Å². The van der Waals surface area contributed by atoms with Crippen LogP contribution in [0.2, 0.25) is 0 Å². The van der Waals surface area contributed by atoms with Crippen LogP contribution in [0.3, 0.4) is 0 Å². The van der Waals surface area contributed by atoms with Gasteiger partial charge in [0.15, 0.2) is 0 Å². The van der Waals surface area contributed by atoms with Crippen LogP contribution in [0.15, 0.2) is 0 Å². The monoisotopic (exact) mass is 371 g/mol. The molecular weight excluding hydrogens is 334 g/mol. The average Bonchev–Trinajstić information content (AvgIpc) is 3.07. The fourth-order valence-electron chi connectivity index (χ4n) is 3.03. The zero-order valence-electron chi connectivity index (χ0n) is 16.3. The van der Waals surface area contributed by atoms with E-state index in [1.165, 1.54) is 51.4 Å². The number of nitrogens with one attached hydrogen (secondary N) is 1. The third kappa shape index (κ3) is 11.5. The molecule has 152 valence electrons. The zero-order chi connectivity index (χ0) is 19.0. The first kappa shape index (κ1) is 22.9. The van der Waals surface area contributed by atoms with E-state index in [9.17, 15) is 14.7 Å². The van der Waals surface area contributed by atoms with Gasteiger partial charge in [-0.15, -0.1) is 0 Å². The Morgan fingerprint density at radius 1 is 1.08 bits per heavy atom. The Morgan fingerprint density at radius 3 is 2.27 bits per heavy atom. The molecule has 1 rings (SSSR count). The molecule has 1 aliphatic heterocycles. The predicted molar refractivity (Wildman–Crippen MR) is 101 cm³/mol. The van der Waals surface area contributed by atoms with Crippen molar-refractivity contribution in [1.82, 2.24) is 5.32 Å². The molecule has 6 nitrogen and oxygen atoms in total. The number of esters is 1. The van der Waals surface area contributed by atoms with Crippen molar-refractivity contribution in [3.05, 3.63) is 0 Å². The maximum Gasteiger partial charge on any atom is 0.328 e. The number of unbranched alkanes of at least 4 members (excludes halogenated alkanes) is 9. The van der Waals surface area contributed by atoms with Gasteiger partial charge in [0.1, 0.15) is 18.8 Å². The van der Waals surface area contributed by atoms with Crippen LogP contribution in [0.25, 0.3) is 0 Å². The van der Waals surface area contributed by atoms with Crippen molar-refractivity contribution < 1.29 is 24.2 Å². The van der Waals surface area contributed by atoms with Crippen LogP contribution < -0.4 is 5.32 Å². The van der Waals surface area contributed by atoms with Gasteiger partial charge in [0.2, 0.25) is 5.91 Å². The van der Waals surface area contributed by atoms with Gasteiger partial charge in [-0.05, 0) is 12.8 Å². The summed E-state index contributed by atoms with van der Waals surface area (Å²) < 4.78 is 10.4. The van der Waals surface area contributed by atoms with Gasteiger partial charge >= 0.3 is 5.97 Å². The third-order valence-electron chi connectivity index (χ3n) is 4.65. The third-order valence-corrected chi connectivity index (χ3v) is 4.65. The van der Waals surface area contributed by atoms with Gasteiger partial charge in [0, 0.05) is 13.0 Å². The van der Waals surface area contributed by atoms with E-state index < -0.39 is 18.1 Å². The number of aliphatic hydroxyl groups is 1. The van der Waals surface area contributed by atoms with Crippen molar-refractivity contribution in [1.29, 1.82) is 0 Å². The molecule has 2 atom stereocenters. The molecule has 0 aromatic carbocycles. The molecule has 0 aromatic rings. The molecule has 1 unspecified atom stereocenters. The summed E-state index contributed by atoms with van der Waals surface area (Å²) in [6.45, 7) is 2.94. The molecule has 1 saturated heterocycles. The van der Waals surface area contributed by atoms with E-state index in [0.717, 1.165) is 12.8 Å². The summed E-state index contributed by atoms with van der Waals surface area (Å²) in [7, 11) is 0. The van der Waals surface area contributed by atoms with Crippen molar-refractivity contribution in [2.24, 2.45) is 0 Å². The second-order valence-electron chi connectivity index (χ2n) is 7.20. The minimum Gasteiger partial charge on any atom is -0.461 e. The largest absolute Gasteiger partial charge is 0.461 e. The highest BCUT2D eigenvalue weighted by molar-refractivity contribution is 5.88. The Hall–Kier alpha value is -1.14. The van der Waals surface area contributed by atoms with E-state index in [1.54, 1.807) is 0 Å². The lowest BCUT2D eigenvalue weighted by Crippen LogP contribution is -2.36. The maximum absolute atomic E-state index is 11.7. The van der Waals surface area contributed by atoms with Gasteiger partial charge in [0.05, 0.1) is 6.61 Å². The van der Waals surface area contributed by atoms with Crippen molar-refractivity contribution in [3.8, 4) is 0 Å². The van der Waals surface area contributed by atoms with Gasteiger partial charge in [-0.25, -0.2) is 4.79 Å². The second kappa shape index (κ2) is 15.0. The molecule has 0 bridgehead atoms. The quantitative estimate of drug-likeness (QED) is 0.322. The lowest BCUT2D eigenvalue weighted by atomic mass is 10.1. The first-order valence-corrected chi connectivity index (χ1v) is 10.3. The minimum absolute atomic E-state index is 0.0940. The van der Waals surface area contributed by atoms with Crippen molar-refractivity contribution in [2.75, 3.05) is 19.8 Å². The molecule has 1 heterocycles. The Labute approximate surface area is 158 Å². The summed E-state index contributed by atoms with van der Waals surface area (Å²) in [6.07, 6.45) is 12.8. The number of carbonyl (C=O) groups excluding carboxylic acids is 2. The number of amides is 1. The highest BCUT2D eigenvalue weighted by atomic mass is 16.5. The number of aliphatic hydroxyl groups excluding tert-OH is 1. The number of ether oxygens (including phenoxy) is 2. The Bertz CT molecular complexity index is 388. The predicted octanol–water partition coefficient (Wildman–Crippen LogP) is 3.11. The standard InChI is InChI=1S/C20H37NO5/c1-2-3-4-5-6-7-8-9-10-11-14-25-15-17(22)16-26-20(24)18-12-13-19(23)21-18/h17-18,22H,2-16H2,1H3,(H,21,23)/t17?,18-/m0/s1. The smallest absolute Gasteiger partial charge is 0.328 e. The molecule has 26 heavy (non-hydrogen) atoms. The minimum atomic E-state index is -0.820. The zero-order valence-corrected chi connectivity index (χ0v) is 16.3. The molecule has 0 aliphatic carbocycles. The van der Waals surface area contributed by atoms with E-state index in [4.69, 9.17) is 9.47 Å². The average molecular weight is 372 g/mol. The van der Waals surface area contributed by atoms with Crippen LogP contribution in [0.1, 0.15) is 84.0 Å². The lowest BCUT2D eigenvalue weighted by molar-refractivity contribution is -0.150. The molecule has 0 radical (unpaired) electrons. The number of hydrogen-bond acceptors (Lipinski definition) is 5. The van der Waals surface area contributed by atoms with Gasteiger partial charge < -0.3 is 19.9 Å². The number of hydrogen-bond donors (Lipinski definition) is 2. The molecule has 0 spiro atoms. The van der Waals surface area contributed by atoms with E-state index >= 15 is 0 Å². The van der Waals surface area contributed by atoms with Crippen LogP contribution in [0.4, 0.5) is 0 Å². The van der Waals surface area contributed by atoms with Crippen LogP contribution in [0, 0.1) is 0 Å². The molecule has 0 aromatic heterocycles. The highest BCUT2D eigenvalue weighted by Crippen LogP contribution is 2.11. The van der Waals surface area contributed by atoms with Gasteiger partial charge in [-0.3, -0.25) is 4.79 Å². The molecule has 0 saturated carbocycles. The van der Waals surface area contributed by atoms with E-state index in [1.807, 2.05) is 0 Å². The van der Waals surface area contributed by atoms with Gasteiger partial charge in [-0.1, -0.05) is 64.7 Å². The lowest BCUT2D eigenvalue weighted by Gasteiger charge is -2.14. The molecule has 1 amide bonds. The summed E-state index contributed by atoms with van der Waals surface area (Å²) in [5.41, 5.74) is 0. The molecular formula is C20H37NO5. The topological polar surface area (TPSA) is 84.9 Å². The van der Waals surface area contributed by atoms with E-state index in [-0.39, 0.29) is 19.1 Å². The van der Waals surface area contributed by atoms with Crippen molar-refractivity contribution >= 4 is 11.9 Å². The fraction of sp³-hybridized carbons (Fsp3) is 0.900. The summed E-state index contributed by atoms with van der Waals surface area (Å²) in [6, 6.07) is -0.567. The van der Waals surface area contributed by atoms with Crippen LogP contribution in [-0.2, 0) is 19.1 Å². The Morgan fingerprint density at radius 2 is 1.69 bits per heavy atom. The maximum atomic E-state index is 11.7. The first-order valence-electron chi connectivity index (χ1n) is 10.3. The van der Waals surface area contributed by atoms with Crippen molar-refractivity contribution in [2.45, 2.75) is 96.1 Å².